The molecule has 0 bridgehead atoms. The molecule has 2 aromatic rings. The highest BCUT2D eigenvalue weighted by molar-refractivity contribution is 7.12. The molecule has 3 N–H and O–H groups in total. The highest BCUT2D eigenvalue weighted by atomic mass is 32.1. The summed E-state index contributed by atoms with van der Waals surface area (Å²) < 4.78 is 0. The van der Waals surface area contributed by atoms with Gasteiger partial charge in [0.1, 0.15) is 0 Å². The molecule has 4 rings (SSSR count). The van der Waals surface area contributed by atoms with E-state index >= 15 is 0 Å². The number of rotatable bonds is 7. The molecule has 6 nitrogen and oxygen atoms in total. The summed E-state index contributed by atoms with van der Waals surface area (Å²) in [4.78, 5) is 30.6. The first-order valence-electron chi connectivity index (χ1n) is 11.8. The van der Waals surface area contributed by atoms with Crippen molar-refractivity contribution in [3.05, 3.63) is 52.5 Å². The average molecular weight is 470 g/mol. The lowest BCUT2D eigenvalue weighted by Crippen LogP contribution is -2.52. The molecular formula is C26H35N3O3S. The number of amides is 2. The lowest BCUT2D eigenvalue weighted by atomic mass is 9.57. The highest BCUT2D eigenvalue weighted by Crippen LogP contribution is 2.63. The van der Waals surface area contributed by atoms with Gasteiger partial charge in [0, 0.05) is 31.4 Å². The number of aliphatic hydroxyl groups is 1. The van der Waals surface area contributed by atoms with E-state index in [0.717, 1.165) is 18.4 Å². The fourth-order valence-electron chi connectivity index (χ4n) is 6.21. The van der Waals surface area contributed by atoms with Gasteiger partial charge in [0.15, 0.2) is 0 Å². The van der Waals surface area contributed by atoms with E-state index in [4.69, 9.17) is 0 Å². The average Bonchev–Trinajstić information content (AvgIpc) is 3.38. The lowest BCUT2D eigenvalue weighted by molar-refractivity contribution is -0.123. The zero-order valence-corrected chi connectivity index (χ0v) is 20.6. The van der Waals surface area contributed by atoms with Crippen LogP contribution in [0.4, 0.5) is 0 Å². The number of hydrogen-bond acceptors (Lipinski definition) is 5. The number of thiophene rings is 1. The molecule has 0 saturated heterocycles. The quantitative estimate of drug-likeness (QED) is 0.564. The van der Waals surface area contributed by atoms with Gasteiger partial charge in [-0.1, -0.05) is 26.0 Å². The Kier molecular flexibility index (Phi) is 6.65. The number of carbonyl (C=O) groups is 2. The molecule has 4 atom stereocenters. The van der Waals surface area contributed by atoms with E-state index in [1.165, 1.54) is 11.3 Å². The summed E-state index contributed by atoms with van der Waals surface area (Å²) in [5.74, 6) is 0.204. The van der Waals surface area contributed by atoms with Crippen molar-refractivity contribution in [1.29, 1.82) is 0 Å². The highest BCUT2D eigenvalue weighted by Gasteiger charge is 2.61. The standard InChI is InChI=1S/C26H35N3O3S/c1-24(2)15-21(29-23(31)19-7-5-13-33-19)26(11-10-25(3,32)14-20(24)26)9-8-22(30)28-17-18-6-4-12-27-16-18/h4-7,12-13,16,20-21,32H,8-11,14-15,17H2,1-3H3,(H,28,30)(H,29,31). The van der Waals surface area contributed by atoms with Gasteiger partial charge in [0.2, 0.25) is 5.91 Å². The van der Waals surface area contributed by atoms with Crippen LogP contribution in [0.1, 0.15) is 74.5 Å². The summed E-state index contributed by atoms with van der Waals surface area (Å²) in [5.41, 5.74) is 0.0216. The second-order valence-electron chi connectivity index (χ2n) is 10.8. The van der Waals surface area contributed by atoms with Crippen LogP contribution >= 0.6 is 11.3 Å². The first kappa shape index (κ1) is 23.9. The maximum atomic E-state index is 13.0. The molecule has 33 heavy (non-hydrogen) atoms. The van der Waals surface area contributed by atoms with Gasteiger partial charge < -0.3 is 15.7 Å². The van der Waals surface area contributed by atoms with Gasteiger partial charge in [0.25, 0.3) is 5.91 Å². The Bertz CT molecular complexity index is 974. The van der Waals surface area contributed by atoms with Crippen molar-refractivity contribution < 1.29 is 14.7 Å². The Morgan fingerprint density at radius 2 is 2.00 bits per heavy atom. The molecule has 2 heterocycles. The van der Waals surface area contributed by atoms with Crippen LogP contribution in [0.15, 0.2) is 42.0 Å². The van der Waals surface area contributed by atoms with E-state index < -0.39 is 5.60 Å². The summed E-state index contributed by atoms with van der Waals surface area (Å²) in [6, 6.07) is 7.53. The predicted octanol–water partition coefficient (Wildman–Crippen LogP) is 4.31. The van der Waals surface area contributed by atoms with Crippen molar-refractivity contribution in [2.45, 2.75) is 77.5 Å². The summed E-state index contributed by atoms with van der Waals surface area (Å²) in [6.07, 6.45) is 7.61. The van der Waals surface area contributed by atoms with Gasteiger partial charge in [-0.05, 0) is 78.9 Å². The van der Waals surface area contributed by atoms with Crippen LogP contribution in [-0.2, 0) is 11.3 Å². The second kappa shape index (κ2) is 9.18. The molecule has 2 amide bonds. The Morgan fingerprint density at radius 1 is 1.18 bits per heavy atom. The van der Waals surface area contributed by atoms with Crippen LogP contribution < -0.4 is 10.6 Å². The Balaban J connectivity index is 1.51. The third kappa shape index (κ3) is 5.14. The van der Waals surface area contributed by atoms with Crippen LogP contribution in [0.5, 0.6) is 0 Å². The molecule has 0 aliphatic heterocycles. The van der Waals surface area contributed by atoms with Crippen molar-refractivity contribution in [3.8, 4) is 0 Å². The zero-order chi connectivity index (χ0) is 23.7. The van der Waals surface area contributed by atoms with Crippen molar-refractivity contribution in [1.82, 2.24) is 15.6 Å². The van der Waals surface area contributed by atoms with E-state index in [2.05, 4.69) is 29.5 Å². The van der Waals surface area contributed by atoms with Gasteiger partial charge in [0.05, 0.1) is 10.5 Å². The number of nitrogens with one attached hydrogen (secondary N) is 2. The summed E-state index contributed by atoms with van der Waals surface area (Å²) in [6.45, 7) is 6.87. The van der Waals surface area contributed by atoms with Crippen molar-refractivity contribution in [3.63, 3.8) is 0 Å². The van der Waals surface area contributed by atoms with Gasteiger partial charge in [-0.25, -0.2) is 0 Å². The molecule has 0 radical (unpaired) electrons. The summed E-state index contributed by atoms with van der Waals surface area (Å²) >= 11 is 1.44. The van der Waals surface area contributed by atoms with Gasteiger partial charge >= 0.3 is 0 Å². The third-order valence-corrected chi connectivity index (χ3v) is 8.78. The Morgan fingerprint density at radius 3 is 2.70 bits per heavy atom. The molecule has 2 fully saturated rings. The molecule has 2 aromatic heterocycles. The number of pyridine rings is 1. The molecule has 2 aliphatic rings. The fraction of sp³-hybridized carbons (Fsp3) is 0.577. The summed E-state index contributed by atoms with van der Waals surface area (Å²) in [7, 11) is 0. The van der Waals surface area contributed by atoms with Crippen LogP contribution in [0, 0.1) is 16.7 Å². The number of hydrogen-bond donors (Lipinski definition) is 3. The minimum Gasteiger partial charge on any atom is -0.390 e. The first-order chi connectivity index (χ1) is 15.6. The minimum absolute atomic E-state index is 0.0114. The van der Waals surface area contributed by atoms with Crippen molar-refractivity contribution in [2.24, 2.45) is 16.7 Å². The maximum absolute atomic E-state index is 13.0. The fourth-order valence-corrected chi connectivity index (χ4v) is 6.83. The van der Waals surface area contributed by atoms with Crippen LogP contribution in [0.2, 0.25) is 0 Å². The van der Waals surface area contributed by atoms with E-state index in [0.29, 0.717) is 37.1 Å². The Hall–Kier alpha value is -2.25. The molecular weight excluding hydrogens is 434 g/mol. The monoisotopic (exact) mass is 469 g/mol. The number of nitrogens with zero attached hydrogens (tertiary/aromatic N) is 1. The van der Waals surface area contributed by atoms with E-state index in [1.807, 2.05) is 36.6 Å². The van der Waals surface area contributed by atoms with Gasteiger partial charge in [-0.2, -0.15) is 0 Å². The largest absolute Gasteiger partial charge is 0.390 e. The SMILES string of the molecule is CC1(O)CCC2(CCC(=O)NCc3cccnc3)C(NC(=O)c3cccs3)CC(C)(C)C2C1. The zero-order valence-electron chi connectivity index (χ0n) is 19.8. The van der Waals surface area contributed by atoms with Crippen molar-refractivity contribution >= 4 is 23.2 Å². The first-order valence-corrected chi connectivity index (χ1v) is 12.7. The van der Waals surface area contributed by atoms with Crippen LogP contribution in [0.3, 0.4) is 0 Å². The third-order valence-electron chi connectivity index (χ3n) is 7.91. The molecule has 4 unspecified atom stereocenters. The second-order valence-corrected chi connectivity index (χ2v) is 11.8. The lowest BCUT2D eigenvalue weighted by Gasteiger charge is -2.50. The predicted molar refractivity (Wildman–Crippen MR) is 130 cm³/mol. The van der Waals surface area contributed by atoms with Crippen LogP contribution in [0.25, 0.3) is 0 Å². The number of fused-ring (bicyclic) bond motifs is 1. The van der Waals surface area contributed by atoms with E-state index in [-0.39, 0.29) is 34.6 Å². The van der Waals surface area contributed by atoms with Crippen molar-refractivity contribution in [2.75, 3.05) is 0 Å². The van der Waals surface area contributed by atoms with E-state index in [1.54, 1.807) is 12.4 Å². The van der Waals surface area contributed by atoms with Gasteiger partial charge in [-0.3, -0.25) is 14.6 Å². The molecule has 178 valence electrons. The molecule has 2 aliphatic carbocycles. The molecule has 0 aromatic carbocycles. The molecule has 2 saturated carbocycles. The number of carbonyl (C=O) groups excluding carboxylic acids is 2. The molecule has 0 spiro atoms. The topological polar surface area (TPSA) is 91.3 Å². The summed E-state index contributed by atoms with van der Waals surface area (Å²) in [5, 5.41) is 19.2. The van der Waals surface area contributed by atoms with Crippen LogP contribution in [-0.4, -0.2) is 33.5 Å². The smallest absolute Gasteiger partial charge is 0.261 e. The Labute approximate surface area is 200 Å². The maximum Gasteiger partial charge on any atom is 0.261 e. The molecule has 7 heteroatoms. The van der Waals surface area contributed by atoms with Gasteiger partial charge in [-0.15, -0.1) is 11.3 Å². The minimum atomic E-state index is -0.708. The van der Waals surface area contributed by atoms with E-state index in [9.17, 15) is 14.7 Å². The normalized spacial score (nSPS) is 30.4. The number of aromatic nitrogens is 1.